The maximum Gasteiger partial charge on any atom is 0.241 e. The van der Waals surface area contributed by atoms with Crippen LogP contribution < -0.4 is 0 Å². The van der Waals surface area contributed by atoms with Crippen molar-refractivity contribution >= 4 is 6.29 Å². The Balaban J connectivity index is 5.14. The topological polar surface area (TPSA) is 207 Å². The number of nitrogens with zero attached hydrogens (tertiary/aromatic N) is 3. The lowest BCUT2D eigenvalue weighted by Gasteiger charge is -2.23. The Bertz CT molecular complexity index is 577. The summed E-state index contributed by atoms with van der Waals surface area (Å²) in [4.78, 5) is 41.6. The Labute approximate surface area is 179 Å². The van der Waals surface area contributed by atoms with Gasteiger partial charge in [-0.2, -0.15) is 0 Å². The van der Waals surface area contributed by atoms with Gasteiger partial charge in [-0.15, -0.1) is 0 Å². The molecule has 0 bridgehead atoms. The van der Waals surface area contributed by atoms with Gasteiger partial charge in [0.25, 0.3) is 0 Å². The number of hydrogen-bond donors (Lipinski definition) is 3. The minimum atomic E-state index is -1.90. The van der Waals surface area contributed by atoms with Gasteiger partial charge in [-0.3, -0.25) is 35.1 Å². The molecule has 0 amide bonds. The average Bonchev–Trinajstić information content (AvgIpc) is 2.69. The number of rotatable bonds is 19. The van der Waals surface area contributed by atoms with E-state index in [1.807, 2.05) is 6.92 Å². The molecule has 13 nitrogen and oxygen atoms in total. The van der Waals surface area contributed by atoms with Crippen LogP contribution in [-0.4, -0.2) is 72.8 Å². The van der Waals surface area contributed by atoms with Crippen LogP contribution in [0.3, 0.4) is 0 Å². The molecule has 3 N–H and O–H groups in total. The lowest BCUT2D eigenvalue weighted by atomic mass is 9.91. The first-order valence-corrected chi connectivity index (χ1v) is 10.4. The van der Waals surface area contributed by atoms with Crippen LogP contribution in [0.15, 0.2) is 0 Å². The second-order valence-electron chi connectivity index (χ2n) is 7.62. The highest BCUT2D eigenvalue weighted by Crippen LogP contribution is 2.21. The Morgan fingerprint density at radius 1 is 0.710 bits per heavy atom. The molecule has 0 aliphatic carbocycles. The number of unbranched alkanes of at least 4 members (excludes halogenated alkanes) is 4. The molecule has 6 atom stereocenters. The highest BCUT2D eigenvalue weighted by atomic mass is 16.6. The summed E-state index contributed by atoms with van der Waals surface area (Å²) in [7, 11) is 0. The number of nitro groups is 3. The van der Waals surface area contributed by atoms with E-state index in [9.17, 15) is 50.5 Å². The van der Waals surface area contributed by atoms with E-state index in [-0.39, 0.29) is 25.7 Å². The molecule has 179 valence electrons. The maximum absolute atomic E-state index is 11.4. The first-order valence-electron chi connectivity index (χ1n) is 10.4. The van der Waals surface area contributed by atoms with Crippen molar-refractivity contribution in [2.75, 3.05) is 0 Å². The van der Waals surface area contributed by atoms with E-state index < -0.39 is 64.0 Å². The van der Waals surface area contributed by atoms with Gasteiger partial charge in [0.15, 0.2) is 6.29 Å². The van der Waals surface area contributed by atoms with Gasteiger partial charge < -0.3 is 15.3 Å². The summed E-state index contributed by atoms with van der Waals surface area (Å²) in [5, 5.41) is 64.4. The Kier molecular flexibility index (Phi) is 14.4. The predicted molar refractivity (Wildman–Crippen MR) is 108 cm³/mol. The van der Waals surface area contributed by atoms with Crippen molar-refractivity contribution in [3.05, 3.63) is 30.3 Å². The van der Waals surface area contributed by atoms with E-state index in [1.54, 1.807) is 6.29 Å². The molecular weight excluding hydrogens is 418 g/mol. The van der Waals surface area contributed by atoms with Crippen LogP contribution in [0.25, 0.3) is 0 Å². The number of aliphatic hydroxyl groups is 3. The summed E-state index contributed by atoms with van der Waals surface area (Å²) in [6, 6.07) is -5.03. The van der Waals surface area contributed by atoms with Gasteiger partial charge >= 0.3 is 0 Å². The Morgan fingerprint density at radius 2 is 1.16 bits per heavy atom. The van der Waals surface area contributed by atoms with Gasteiger partial charge in [0.05, 0.1) is 12.8 Å². The molecule has 0 fully saturated rings. The summed E-state index contributed by atoms with van der Waals surface area (Å²) in [6.45, 7) is 1.89. The van der Waals surface area contributed by atoms with Gasteiger partial charge in [0, 0.05) is 27.6 Å². The van der Waals surface area contributed by atoms with Crippen molar-refractivity contribution in [3.8, 4) is 0 Å². The zero-order valence-electron chi connectivity index (χ0n) is 17.6. The van der Waals surface area contributed by atoms with Crippen molar-refractivity contribution < 1.29 is 34.9 Å². The molecule has 0 aliphatic heterocycles. The largest absolute Gasteiger partial charge is 0.386 e. The second kappa shape index (κ2) is 15.5. The number of carbonyl (C=O) groups excluding carboxylic acids is 1. The van der Waals surface area contributed by atoms with E-state index in [0.29, 0.717) is 19.3 Å². The number of hydrogen-bond acceptors (Lipinski definition) is 10. The van der Waals surface area contributed by atoms with Crippen molar-refractivity contribution in [2.45, 2.75) is 108 Å². The normalized spacial score (nSPS) is 17.2. The fraction of sp³-hybridized carbons (Fsp3) is 0.944. The SMILES string of the molecule is CCCCCC(C(O)CC(C(O)CC(C(O)CCCC[C]=O)[N+](=O)[O-])[N+](=O)[O-])[N+](=O)[O-]. The van der Waals surface area contributed by atoms with Crippen molar-refractivity contribution in [1.29, 1.82) is 0 Å². The summed E-state index contributed by atoms with van der Waals surface area (Å²) in [5.41, 5.74) is 0. The van der Waals surface area contributed by atoms with E-state index in [0.717, 1.165) is 6.42 Å². The van der Waals surface area contributed by atoms with Crippen LogP contribution in [0, 0.1) is 30.3 Å². The van der Waals surface area contributed by atoms with Crippen LogP contribution in [0.5, 0.6) is 0 Å². The summed E-state index contributed by atoms with van der Waals surface area (Å²) in [5.74, 6) is 0. The molecule has 1 radical (unpaired) electrons. The van der Waals surface area contributed by atoms with Crippen LogP contribution in [0.2, 0.25) is 0 Å². The maximum atomic E-state index is 11.4. The second-order valence-corrected chi connectivity index (χ2v) is 7.62. The van der Waals surface area contributed by atoms with Gasteiger partial charge in [0.1, 0.15) is 18.3 Å². The first-order chi connectivity index (χ1) is 14.6. The van der Waals surface area contributed by atoms with Crippen LogP contribution in [0.4, 0.5) is 0 Å². The van der Waals surface area contributed by atoms with Gasteiger partial charge in [-0.05, 0) is 19.3 Å². The Morgan fingerprint density at radius 3 is 1.61 bits per heavy atom. The van der Waals surface area contributed by atoms with Crippen LogP contribution in [-0.2, 0) is 4.79 Å². The molecular formula is C18H32N3O10. The first kappa shape index (κ1) is 28.8. The molecule has 6 unspecified atom stereocenters. The summed E-state index contributed by atoms with van der Waals surface area (Å²) >= 11 is 0. The molecule has 0 rings (SSSR count). The summed E-state index contributed by atoms with van der Waals surface area (Å²) < 4.78 is 0. The fourth-order valence-electron chi connectivity index (χ4n) is 3.36. The molecule has 13 heteroatoms. The average molecular weight is 450 g/mol. The molecule has 0 aromatic heterocycles. The predicted octanol–water partition coefficient (Wildman–Crippen LogP) is 1.04. The standard InChI is InChI=1S/C18H32N3O10/c1-2-3-5-8-13(19(26)27)17(24)12-15(21(30)31)18(25)11-14(20(28)29)16(23)9-6-4-7-10-22/h13-18,23-25H,2-9,11-12H2,1H3. The molecule has 31 heavy (non-hydrogen) atoms. The third-order valence-corrected chi connectivity index (χ3v) is 5.24. The molecule has 0 aromatic carbocycles. The van der Waals surface area contributed by atoms with Crippen molar-refractivity contribution in [3.63, 3.8) is 0 Å². The number of aliphatic hydroxyl groups excluding tert-OH is 3. The highest BCUT2D eigenvalue weighted by molar-refractivity contribution is 5.50. The third kappa shape index (κ3) is 11.1. The molecule has 0 aromatic rings. The lowest BCUT2D eigenvalue weighted by Crippen LogP contribution is -2.46. The van der Waals surface area contributed by atoms with E-state index >= 15 is 0 Å². The van der Waals surface area contributed by atoms with Crippen molar-refractivity contribution in [2.24, 2.45) is 0 Å². The molecule has 0 heterocycles. The summed E-state index contributed by atoms with van der Waals surface area (Å²) in [6.07, 6.45) is -2.34. The Hall–Kier alpha value is -2.25. The molecule has 0 spiro atoms. The molecule has 0 saturated carbocycles. The quantitative estimate of drug-likeness (QED) is 0.145. The molecule has 0 aliphatic rings. The fourth-order valence-corrected chi connectivity index (χ4v) is 3.36. The van der Waals surface area contributed by atoms with Crippen LogP contribution in [0.1, 0.15) is 71.1 Å². The monoisotopic (exact) mass is 450 g/mol. The third-order valence-electron chi connectivity index (χ3n) is 5.24. The van der Waals surface area contributed by atoms with E-state index in [2.05, 4.69) is 0 Å². The van der Waals surface area contributed by atoms with Crippen molar-refractivity contribution in [1.82, 2.24) is 0 Å². The van der Waals surface area contributed by atoms with Gasteiger partial charge in [-0.1, -0.05) is 26.2 Å². The highest BCUT2D eigenvalue weighted by Gasteiger charge is 2.42. The minimum absolute atomic E-state index is 0.0109. The zero-order chi connectivity index (χ0) is 24.0. The molecule has 0 saturated heterocycles. The smallest absolute Gasteiger partial charge is 0.241 e. The lowest BCUT2D eigenvalue weighted by molar-refractivity contribution is -0.562. The van der Waals surface area contributed by atoms with E-state index in [4.69, 9.17) is 0 Å². The van der Waals surface area contributed by atoms with Gasteiger partial charge in [0.2, 0.25) is 18.1 Å². The van der Waals surface area contributed by atoms with Gasteiger partial charge in [-0.25, -0.2) is 0 Å². The van der Waals surface area contributed by atoms with E-state index in [1.165, 1.54) is 0 Å². The minimum Gasteiger partial charge on any atom is -0.386 e. The van der Waals surface area contributed by atoms with Crippen LogP contribution >= 0.6 is 0 Å². The zero-order valence-corrected chi connectivity index (χ0v) is 17.6.